The zero-order chi connectivity index (χ0) is 10.1. The lowest BCUT2D eigenvalue weighted by Crippen LogP contribution is -2.07. The SMILES string of the molecule is COc1nn2ccsc2c1NC(=O)O. The molecule has 0 aliphatic heterocycles. The van der Waals surface area contributed by atoms with Crippen molar-refractivity contribution in [3.63, 3.8) is 0 Å². The van der Waals surface area contributed by atoms with E-state index in [0.717, 1.165) is 0 Å². The van der Waals surface area contributed by atoms with Gasteiger partial charge in [-0.3, -0.25) is 5.32 Å². The van der Waals surface area contributed by atoms with Crippen molar-refractivity contribution in [1.29, 1.82) is 0 Å². The number of fused-ring (bicyclic) bond motifs is 1. The smallest absolute Gasteiger partial charge is 0.409 e. The first-order valence-corrected chi connectivity index (χ1v) is 4.60. The fourth-order valence-corrected chi connectivity index (χ4v) is 1.89. The second kappa shape index (κ2) is 3.18. The van der Waals surface area contributed by atoms with E-state index >= 15 is 0 Å². The van der Waals surface area contributed by atoms with Gasteiger partial charge in [-0.2, -0.15) is 0 Å². The molecule has 0 aromatic carbocycles. The Labute approximate surface area is 82.7 Å². The lowest BCUT2D eigenvalue weighted by Gasteiger charge is -1.98. The van der Waals surface area contributed by atoms with E-state index < -0.39 is 6.09 Å². The van der Waals surface area contributed by atoms with Crippen LogP contribution in [0.2, 0.25) is 0 Å². The van der Waals surface area contributed by atoms with Gasteiger partial charge in [0.15, 0.2) is 0 Å². The third kappa shape index (κ3) is 1.27. The molecule has 74 valence electrons. The molecule has 0 aliphatic rings. The van der Waals surface area contributed by atoms with Crippen LogP contribution in [-0.2, 0) is 0 Å². The molecule has 2 aromatic heterocycles. The Bertz CT molecular complexity index is 475. The highest BCUT2D eigenvalue weighted by Crippen LogP contribution is 2.31. The second-order valence-electron chi connectivity index (χ2n) is 2.47. The summed E-state index contributed by atoms with van der Waals surface area (Å²) >= 11 is 1.39. The maximum atomic E-state index is 10.5. The molecule has 0 unspecified atom stereocenters. The van der Waals surface area contributed by atoms with Crippen LogP contribution in [0.4, 0.5) is 10.5 Å². The van der Waals surface area contributed by atoms with Gasteiger partial charge in [0.25, 0.3) is 5.88 Å². The van der Waals surface area contributed by atoms with Crippen molar-refractivity contribution in [2.75, 3.05) is 12.4 Å². The van der Waals surface area contributed by atoms with E-state index in [-0.39, 0.29) is 5.88 Å². The average Bonchev–Trinajstić information content (AvgIpc) is 2.67. The lowest BCUT2D eigenvalue weighted by atomic mass is 10.5. The summed E-state index contributed by atoms with van der Waals surface area (Å²) in [5.41, 5.74) is 0.384. The van der Waals surface area contributed by atoms with Gasteiger partial charge >= 0.3 is 6.09 Å². The number of anilines is 1. The van der Waals surface area contributed by atoms with Crippen LogP contribution in [0.25, 0.3) is 4.83 Å². The summed E-state index contributed by atoms with van der Waals surface area (Å²) < 4.78 is 6.50. The third-order valence-electron chi connectivity index (χ3n) is 1.64. The van der Waals surface area contributed by atoms with Crippen LogP contribution < -0.4 is 10.1 Å². The van der Waals surface area contributed by atoms with Gasteiger partial charge in [-0.25, -0.2) is 9.31 Å². The molecule has 0 radical (unpaired) electrons. The molecule has 0 saturated carbocycles. The molecule has 6 nitrogen and oxygen atoms in total. The Balaban J connectivity index is 2.55. The van der Waals surface area contributed by atoms with Gasteiger partial charge in [0.05, 0.1) is 7.11 Å². The monoisotopic (exact) mass is 213 g/mol. The number of aromatic nitrogens is 2. The van der Waals surface area contributed by atoms with Gasteiger partial charge in [0.1, 0.15) is 10.5 Å². The molecule has 0 fully saturated rings. The third-order valence-corrected chi connectivity index (χ3v) is 2.51. The molecule has 0 spiro atoms. The minimum absolute atomic E-state index is 0.277. The largest absolute Gasteiger partial charge is 0.478 e. The molecule has 2 N–H and O–H groups in total. The predicted molar refractivity (Wildman–Crippen MR) is 51.3 cm³/mol. The van der Waals surface area contributed by atoms with E-state index in [9.17, 15) is 4.79 Å². The summed E-state index contributed by atoms with van der Waals surface area (Å²) in [7, 11) is 1.44. The second-order valence-corrected chi connectivity index (χ2v) is 3.36. The summed E-state index contributed by atoms with van der Waals surface area (Å²) in [5, 5.41) is 16.7. The maximum absolute atomic E-state index is 10.5. The molecule has 1 amide bonds. The molecular weight excluding hydrogens is 206 g/mol. The molecule has 2 rings (SSSR count). The molecule has 7 heteroatoms. The van der Waals surface area contributed by atoms with Crippen molar-refractivity contribution in [2.45, 2.75) is 0 Å². The number of amides is 1. The van der Waals surface area contributed by atoms with Gasteiger partial charge in [0.2, 0.25) is 0 Å². The zero-order valence-electron chi connectivity index (χ0n) is 7.22. The van der Waals surface area contributed by atoms with Crippen LogP contribution >= 0.6 is 11.3 Å². The van der Waals surface area contributed by atoms with E-state index in [0.29, 0.717) is 10.5 Å². The number of methoxy groups -OCH3 is 1. The Morgan fingerprint density at radius 3 is 3.21 bits per heavy atom. The molecule has 2 heterocycles. The van der Waals surface area contributed by atoms with Crippen LogP contribution in [0.15, 0.2) is 11.6 Å². The Morgan fingerprint density at radius 2 is 2.57 bits per heavy atom. The van der Waals surface area contributed by atoms with Crippen LogP contribution in [0.5, 0.6) is 5.88 Å². The molecule has 14 heavy (non-hydrogen) atoms. The number of ether oxygens (including phenoxy) is 1. The van der Waals surface area contributed by atoms with Crippen molar-refractivity contribution >= 4 is 27.9 Å². The summed E-state index contributed by atoms with van der Waals surface area (Å²) in [5.74, 6) is 0.277. The first kappa shape index (κ1) is 8.82. The fourth-order valence-electron chi connectivity index (χ4n) is 1.12. The van der Waals surface area contributed by atoms with E-state index in [1.807, 2.05) is 5.38 Å². The number of hydrogen-bond acceptors (Lipinski definition) is 4. The number of carboxylic acid groups (broad SMARTS) is 1. The summed E-state index contributed by atoms with van der Waals surface area (Å²) in [6.45, 7) is 0. The van der Waals surface area contributed by atoms with Crippen LogP contribution in [0, 0.1) is 0 Å². The van der Waals surface area contributed by atoms with Crippen molar-refractivity contribution in [2.24, 2.45) is 0 Å². The van der Waals surface area contributed by atoms with Crippen molar-refractivity contribution < 1.29 is 14.6 Å². The highest BCUT2D eigenvalue weighted by molar-refractivity contribution is 7.16. The summed E-state index contributed by atoms with van der Waals surface area (Å²) in [6, 6.07) is 0. The summed E-state index contributed by atoms with van der Waals surface area (Å²) in [6.07, 6.45) is 0.599. The van der Waals surface area contributed by atoms with Crippen LogP contribution in [0.3, 0.4) is 0 Å². The topological polar surface area (TPSA) is 75.9 Å². The zero-order valence-corrected chi connectivity index (χ0v) is 8.04. The lowest BCUT2D eigenvalue weighted by molar-refractivity contribution is 0.209. The molecule has 0 saturated heterocycles. The maximum Gasteiger partial charge on any atom is 0.409 e. The number of hydrogen-bond donors (Lipinski definition) is 2. The highest BCUT2D eigenvalue weighted by atomic mass is 32.1. The standard InChI is InChI=1S/C7H7N3O3S/c1-13-5-4(8-7(11)12)6-10(9-5)2-3-14-6/h2-3,8H,1H3,(H,11,12). The Morgan fingerprint density at radius 1 is 1.79 bits per heavy atom. The fraction of sp³-hybridized carbons (Fsp3) is 0.143. The van der Waals surface area contributed by atoms with E-state index in [4.69, 9.17) is 9.84 Å². The van der Waals surface area contributed by atoms with Gasteiger partial charge in [-0.05, 0) is 0 Å². The highest BCUT2D eigenvalue weighted by Gasteiger charge is 2.15. The number of carbonyl (C=O) groups is 1. The normalized spacial score (nSPS) is 10.4. The minimum atomic E-state index is -1.13. The molecular formula is C7H7N3O3S. The van der Waals surface area contributed by atoms with Crippen molar-refractivity contribution in [1.82, 2.24) is 9.61 Å². The Kier molecular flexibility index (Phi) is 2.01. The molecule has 0 bridgehead atoms. The van der Waals surface area contributed by atoms with Gasteiger partial charge in [-0.1, -0.05) is 0 Å². The number of nitrogens with one attached hydrogen (secondary N) is 1. The molecule has 2 aromatic rings. The number of nitrogens with zero attached hydrogens (tertiary/aromatic N) is 2. The number of thiazole rings is 1. The first-order valence-electron chi connectivity index (χ1n) is 3.72. The van der Waals surface area contributed by atoms with E-state index in [1.165, 1.54) is 18.4 Å². The van der Waals surface area contributed by atoms with Crippen LogP contribution in [0.1, 0.15) is 0 Å². The molecule has 0 aliphatic carbocycles. The minimum Gasteiger partial charge on any atom is -0.478 e. The van der Waals surface area contributed by atoms with Crippen LogP contribution in [-0.4, -0.2) is 27.9 Å². The first-order chi connectivity index (χ1) is 6.72. The quantitative estimate of drug-likeness (QED) is 0.792. The van der Waals surface area contributed by atoms with Gasteiger partial charge in [0, 0.05) is 11.6 Å². The van der Waals surface area contributed by atoms with E-state index in [1.54, 1.807) is 10.7 Å². The molecule has 0 atom stereocenters. The van der Waals surface area contributed by atoms with Crippen molar-refractivity contribution in [3.05, 3.63) is 11.6 Å². The van der Waals surface area contributed by atoms with Crippen molar-refractivity contribution in [3.8, 4) is 5.88 Å². The predicted octanol–water partition coefficient (Wildman–Crippen LogP) is 1.49. The van der Waals surface area contributed by atoms with Gasteiger partial charge < -0.3 is 9.84 Å². The van der Waals surface area contributed by atoms with E-state index in [2.05, 4.69) is 10.4 Å². The Hall–Kier alpha value is -1.76. The average molecular weight is 213 g/mol. The van der Waals surface area contributed by atoms with Gasteiger partial charge in [-0.15, -0.1) is 16.4 Å². The summed E-state index contributed by atoms with van der Waals surface area (Å²) in [4.78, 5) is 11.2. The number of rotatable bonds is 2.